The van der Waals surface area contributed by atoms with Crippen LogP contribution in [0.3, 0.4) is 0 Å². The first-order valence-corrected chi connectivity index (χ1v) is 8.98. The fourth-order valence-electron chi connectivity index (χ4n) is 2.64. The van der Waals surface area contributed by atoms with Gasteiger partial charge in [-0.25, -0.2) is 4.68 Å². The van der Waals surface area contributed by atoms with E-state index in [1.165, 1.54) is 6.26 Å². The van der Waals surface area contributed by atoms with Crippen molar-refractivity contribution in [3.05, 3.63) is 18.4 Å². The number of furan rings is 1. The quantitative estimate of drug-likeness (QED) is 0.578. The van der Waals surface area contributed by atoms with E-state index in [-0.39, 0.29) is 22.7 Å². The summed E-state index contributed by atoms with van der Waals surface area (Å²) in [5.74, 6) is 5.88. The topological polar surface area (TPSA) is 90.2 Å². The molecule has 26 heavy (non-hydrogen) atoms. The minimum Gasteiger partial charge on any atom is -0.461 e. The maximum absolute atomic E-state index is 12.8. The Balaban J connectivity index is 1.66. The average Bonchev–Trinajstić information content (AvgIpc) is 3.16. The van der Waals surface area contributed by atoms with E-state index < -0.39 is 24.7 Å². The highest BCUT2D eigenvalue weighted by Crippen LogP contribution is 2.36. The van der Waals surface area contributed by atoms with Crippen LogP contribution in [0.4, 0.5) is 13.2 Å². The van der Waals surface area contributed by atoms with Gasteiger partial charge in [-0.15, -0.1) is 10.2 Å². The van der Waals surface area contributed by atoms with Crippen LogP contribution in [0.15, 0.2) is 28.0 Å². The zero-order chi connectivity index (χ0) is 18.9. The fourth-order valence-corrected chi connectivity index (χ4v) is 3.39. The van der Waals surface area contributed by atoms with Gasteiger partial charge in [0.25, 0.3) is 0 Å². The number of alkyl halides is 3. The van der Waals surface area contributed by atoms with E-state index in [1.807, 2.05) is 0 Å². The molecule has 1 saturated carbocycles. The standard InChI is InChI=1S/C15H18F3N5O2S/c1-9(10-4-5-10)22(8-15(16,17)18)12(24)7-26-14-21-20-13(23(14)19)11-3-2-6-25-11/h2-3,6,9-10H,4-5,7-8,19H2,1H3/t9-/m0/s1. The Hall–Kier alpha value is -2.17. The van der Waals surface area contributed by atoms with Gasteiger partial charge in [0.05, 0.1) is 12.0 Å². The number of nitrogen functional groups attached to an aromatic ring is 1. The molecule has 1 amide bonds. The Labute approximate surface area is 151 Å². The molecule has 0 unspecified atom stereocenters. The minimum absolute atomic E-state index is 0.134. The molecule has 1 aliphatic rings. The summed E-state index contributed by atoms with van der Waals surface area (Å²) in [5.41, 5.74) is 0. The second-order valence-corrected chi connectivity index (χ2v) is 7.10. The molecule has 0 aromatic carbocycles. The Morgan fingerprint density at radius 3 is 2.81 bits per heavy atom. The Morgan fingerprint density at radius 2 is 2.23 bits per heavy atom. The van der Waals surface area contributed by atoms with Crippen molar-refractivity contribution in [3.63, 3.8) is 0 Å². The van der Waals surface area contributed by atoms with Gasteiger partial charge < -0.3 is 15.2 Å². The van der Waals surface area contributed by atoms with Gasteiger partial charge in [0, 0.05) is 6.04 Å². The van der Waals surface area contributed by atoms with Crippen molar-refractivity contribution in [3.8, 4) is 11.6 Å². The summed E-state index contributed by atoms with van der Waals surface area (Å²) in [6.07, 6.45) is -1.29. The molecule has 1 fully saturated rings. The van der Waals surface area contributed by atoms with Crippen LogP contribution in [-0.4, -0.2) is 50.2 Å². The molecule has 142 valence electrons. The number of hydrogen-bond donors (Lipinski definition) is 1. The number of thioether (sulfide) groups is 1. The van der Waals surface area contributed by atoms with Crippen molar-refractivity contribution >= 4 is 17.7 Å². The third kappa shape index (κ3) is 4.32. The molecule has 1 aliphatic carbocycles. The summed E-state index contributed by atoms with van der Waals surface area (Å²) in [6, 6.07) is 2.86. The summed E-state index contributed by atoms with van der Waals surface area (Å²) in [7, 11) is 0. The number of aromatic nitrogens is 3. The minimum atomic E-state index is -4.44. The third-order valence-corrected chi connectivity index (χ3v) is 5.12. The highest BCUT2D eigenvalue weighted by atomic mass is 32.2. The number of nitrogens with zero attached hydrogens (tertiary/aromatic N) is 4. The lowest BCUT2D eigenvalue weighted by Crippen LogP contribution is -2.46. The van der Waals surface area contributed by atoms with Gasteiger partial charge in [0.1, 0.15) is 6.54 Å². The van der Waals surface area contributed by atoms with E-state index >= 15 is 0 Å². The SMILES string of the molecule is C[C@@H](C1CC1)N(CC(F)(F)F)C(=O)CSc1nnc(-c2ccco2)n1N. The molecule has 2 aromatic rings. The molecule has 7 nitrogen and oxygen atoms in total. The molecule has 0 aliphatic heterocycles. The maximum Gasteiger partial charge on any atom is 0.406 e. The summed E-state index contributed by atoms with van der Waals surface area (Å²) in [4.78, 5) is 13.3. The van der Waals surface area contributed by atoms with Crippen LogP contribution in [0.2, 0.25) is 0 Å². The van der Waals surface area contributed by atoms with Crippen LogP contribution in [0.1, 0.15) is 19.8 Å². The van der Waals surface area contributed by atoms with Crippen LogP contribution in [-0.2, 0) is 4.79 Å². The zero-order valence-electron chi connectivity index (χ0n) is 13.9. The molecular weight excluding hydrogens is 371 g/mol. The fraction of sp³-hybridized carbons (Fsp3) is 0.533. The van der Waals surface area contributed by atoms with Gasteiger partial charge in [-0.1, -0.05) is 11.8 Å². The molecule has 11 heteroatoms. The largest absolute Gasteiger partial charge is 0.461 e. The molecule has 1 atom stereocenters. The summed E-state index contributed by atoms with van der Waals surface area (Å²) < 4.78 is 44.9. The molecule has 2 aromatic heterocycles. The van der Waals surface area contributed by atoms with Crippen molar-refractivity contribution in [2.24, 2.45) is 5.92 Å². The van der Waals surface area contributed by atoms with Gasteiger partial charge >= 0.3 is 6.18 Å². The highest BCUT2D eigenvalue weighted by Gasteiger charge is 2.40. The molecular formula is C15H18F3N5O2S. The van der Waals surface area contributed by atoms with Crippen LogP contribution in [0.5, 0.6) is 0 Å². The molecule has 2 heterocycles. The smallest absolute Gasteiger partial charge is 0.406 e. The molecule has 0 radical (unpaired) electrons. The first kappa shape index (κ1) is 18.6. The number of carbonyl (C=O) groups excluding carboxylic acids is 1. The first-order valence-electron chi connectivity index (χ1n) is 7.99. The lowest BCUT2D eigenvalue weighted by molar-refractivity contribution is -0.164. The van der Waals surface area contributed by atoms with Crippen molar-refractivity contribution in [1.29, 1.82) is 0 Å². The Kier molecular flexibility index (Phi) is 5.17. The average molecular weight is 389 g/mol. The van der Waals surface area contributed by atoms with Crippen molar-refractivity contribution in [1.82, 2.24) is 19.8 Å². The number of carbonyl (C=O) groups is 1. The van der Waals surface area contributed by atoms with E-state index in [9.17, 15) is 18.0 Å². The second-order valence-electron chi connectivity index (χ2n) is 6.16. The van der Waals surface area contributed by atoms with Crippen molar-refractivity contribution < 1.29 is 22.4 Å². The predicted molar refractivity (Wildman–Crippen MR) is 88.6 cm³/mol. The van der Waals surface area contributed by atoms with Gasteiger partial charge in [0.2, 0.25) is 16.9 Å². The lowest BCUT2D eigenvalue weighted by Gasteiger charge is -2.30. The predicted octanol–water partition coefficient (Wildman–Crippen LogP) is 2.53. The van der Waals surface area contributed by atoms with E-state index in [1.54, 1.807) is 19.1 Å². The number of nitrogens with two attached hydrogens (primary N) is 1. The molecule has 0 bridgehead atoms. The van der Waals surface area contributed by atoms with Gasteiger partial charge in [-0.3, -0.25) is 4.79 Å². The van der Waals surface area contributed by atoms with Crippen LogP contribution in [0, 0.1) is 5.92 Å². The number of halogens is 3. The highest BCUT2D eigenvalue weighted by molar-refractivity contribution is 7.99. The van der Waals surface area contributed by atoms with Crippen LogP contribution < -0.4 is 5.84 Å². The summed E-state index contributed by atoms with van der Waals surface area (Å²) in [5, 5.41) is 7.97. The van der Waals surface area contributed by atoms with Crippen LogP contribution in [0.25, 0.3) is 11.6 Å². The molecule has 0 spiro atoms. The van der Waals surface area contributed by atoms with E-state index in [0.29, 0.717) is 5.76 Å². The van der Waals surface area contributed by atoms with Crippen molar-refractivity contribution in [2.75, 3.05) is 18.1 Å². The van der Waals surface area contributed by atoms with Gasteiger partial charge in [-0.2, -0.15) is 13.2 Å². The van der Waals surface area contributed by atoms with Gasteiger partial charge in [-0.05, 0) is 37.8 Å². The lowest BCUT2D eigenvalue weighted by atomic mass is 10.2. The number of amides is 1. The monoisotopic (exact) mass is 389 g/mol. The summed E-state index contributed by atoms with van der Waals surface area (Å²) >= 11 is 0.941. The maximum atomic E-state index is 12.8. The van der Waals surface area contributed by atoms with E-state index in [0.717, 1.165) is 34.2 Å². The first-order chi connectivity index (χ1) is 12.3. The van der Waals surface area contributed by atoms with E-state index in [2.05, 4.69) is 10.2 Å². The van der Waals surface area contributed by atoms with Gasteiger partial charge in [0.15, 0.2) is 5.76 Å². The Bertz CT molecular complexity index is 758. The van der Waals surface area contributed by atoms with Crippen LogP contribution >= 0.6 is 11.8 Å². The molecule has 2 N–H and O–H groups in total. The molecule has 3 rings (SSSR count). The normalized spacial score (nSPS) is 15.8. The van der Waals surface area contributed by atoms with Crippen molar-refractivity contribution in [2.45, 2.75) is 37.1 Å². The number of rotatable bonds is 7. The summed E-state index contributed by atoms with van der Waals surface area (Å²) in [6.45, 7) is 0.406. The van der Waals surface area contributed by atoms with E-state index in [4.69, 9.17) is 10.3 Å². The Morgan fingerprint density at radius 1 is 1.50 bits per heavy atom. The second kappa shape index (κ2) is 7.22. The number of hydrogen-bond acceptors (Lipinski definition) is 6. The molecule has 0 saturated heterocycles. The third-order valence-electron chi connectivity index (χ3n) is 4.20. The zero-order valence-corrected chi connectivity index (χ0v) is 14.8.